The number of aliphatic hydroxyl groups excluding tert-OH is 1. The zero-order valence-corrected chi connectivity index (χ0v) is 11.7. The zero-order chi connectivity index (χ0) is 13.1. The minimum Gasteiger partial charge on any atom is -0.389 e. The van der Waals surface area contributed by atoms with Gasteiger partial charge in [0.25, 0.3) is 0 Å². The Morgan fingerprint density at radius 1 is 1.39 bits per heavy atom. The van der Waals surface area contributed by atoms with Gasteiger partial charge in [-0.05, 0) is 19.3 Å². The van der Waals surface area contributed by atoms with Crippen LogP contribution in [0, 0.1) is 0 Å². The van der Waals surface area contributed by atoms with Crippen LogP contribution in [-0.4, -0.2) is 50.2 Å². The van der Waals surface area contributed by atoms with Gasteiger partial charge in [-0.3, -0.25) is 0 Å². The van der Waals surface area contributed by atoms with E-state index in [1.165, 1.54) is 19.3 Å². The number of unbranched alkanes of at least 4 members (excludes halogenated alkanes) is 3. The number of nitrogens with one attached hydrogen (secondary N) is 1. The molecule has 0 aromatic carbocycles. The van der Waals surface area contributed by atoms with Gasteiger partial charge in [0.1, 0.15) is 0 Å². The average Bonchev–Trinajstić information content (AvgIpc) is 2.41. The van der Waals surface area contributed by atoms with Crippen molar-refractivity contribution in [3.05, 3.63) is 0 Å². The summed E-state index contributed by atoms with van der Waals surface area (Å²) >= 11 is 0. The molecule has 0 aromatic rings. The van der Waals surface area contributed by atoms with E-state index in [9.17, 15) is 5.11 Å². The fourth-order valence-corrected chi connectivity index (χ4v) is 2.11. The number of hydrogen-bond acceptors (Lipinski definition) is 4. The highest BCUT2D eigenvalue weighted by molar-refractivity contribution is 4.71. The van der Waals surface area contributed by atoms with Gasteiger partial charge >= 0.3 is 0 Å². The third-order valence-corrected chi connectivity index (χ3v) is 3.25. The summed E-state index contributed by atoms with van der Waals surface area (Å²) in [5, 5.41) is 13.1. The highest BCUT2D eigenvalue weighted by Gasteiger charge is 2.14. The lowest BCUT2D eigenvalue weighted by molar-refractivity contribution is 0.0257. The van der Waals surface area contributed by atoms with E-state index >= 15 is 0 Å². The lowest BCUT2D eigenvalue weighted by atomic mass is 10.1. The molecule has 1 aliphatic heterocycles. The topological polar surface area (TPSA) is 50.7 Å². The summed E-state index contributed by atoms with van der Waals surface area (Å²) in [6, 6.07) is 0.401. The van der Waals surface area contributed by atoms with Crippen molar-refractivity contribution in [1.29, 1.82) is 0 Å². The van der Waals surface area contributed by atoms with Gasteiger partial charge in [-0.15, -0.1) is 0 Å². The molecular weight excluding hydrogens is 230 g/mol. The van der Waals surface area contributed by atoms with Crippen molar-refractivity contribution < 1.29 is 14.6 Å². The number of hydrogen-bond donors (Lipinski definition) is 2. The molecule has 1 heterocycles. The number of aliphatic hydroxyl groups is 1. The molecular formula is C14H29NO3. The Hall–Kier alpha value is -0.160. The smallest absolute Gasteiger partial charge is 0.0897 e. The Bertz CT molecular complexity index is 184. The molecule has 1 rings (SSSR count). The van der Waals surface area contributed by atoms with E-state index in [1.807, 2.05) is 0 Å². The van der Waals surface area contributed by atoms with Crippen LogP contribution in [0.15, 0.2) is 0 Å². The summed E-state index contributed by atoms with van der Waals surface area (Å²) in [7, 11) is 0. The van der Waals surface area contributed by atoms with Gasteiger partial charge in [-0.1, -0.05) is 26.2 Å². The van der Waals surface area contributed by atoms with Gasteiger partial charge in [0.15, 0.2) is 0 Å². The average molecular weight is 259 g/mol. The molecule has 108 valence electrons. The first-order valence-electron chi connectivity index (χ1n) is 7.40. The van der Waals surface area contributed by atoms with Crippen molar-refractivity contribution >= 4 is 0 Å². The van der Waals surface area contributed by atoms with Crippen LogP contribution in [0.2, 0.25) is 0 Å². The van der Waals surface area contributed by atoms with Crippen LogP contribution < -0.4 is 5.32 Å². The number of rotatable bonds is 10. The second-order valence-corrected chi connectivity index (χ2v) is 5.11. The van der Waals surface area contributed by atoms with Gasteiger partial charge in [-0.2, -0.15) is 0 Å². The second-order valence-electron chi connectivity index (χ2n) is 5.11. The molecule has 1 saturated heterocycles. The summed E-state index contributed by atoms with van der Waals surface area (Å²) in [4.78, 5) is 0. The molecule has 0 bridgehead atoms. The highest BCUT2D eigenvalue weighted by atomic mass is 16.5. The van der Waals surface area contributed by atoms with Crippen LogP contribution in [0.1, 0.15) is 45.4 Å². The zero-order valence-electron chi connectivity index (χ0n) is 11.7. The molecule has 1 fully saturated rings. The van der Waals surface area contributed by atoms with E-state index in [0.717, 1.165) is 39.1 Å². The third-order valence-electron chi connectivity index (χ3n) is 3.25. The van der Waals surface area contributed by atoms with E-state index in [2.05, 4.69) is 12.2 Å². The second kappa shape index (κ2) is 10.7. The van der Waals surface area contributed by atoms with Crippen molar-refractivity contribution in [1.82, 2.24) is 5.32 Å². The Labute approximate surface area is 111 Å². The maximum absolute atomic E-state index is 9.75. The molecule has 0 aromatic heterocycles. The molecule has 0 spiro atoms. The Kier molecular flexibility index (Phi) is 9.48. The molecule has 2 atom stereocenters. The molecule has 0 aliphatic carbocycles. The Morgan fingerprint density at radius 3 is 3.00 bits per heavy atom. The predicted octanol–water partition coefficient (Wildman–Crippen LogP) is 1.71. The molecule has 1 aliphatic rings. The molecule has 0 amide bonds. The maximum Gasteiger partial charge on any atom is 0.0897 e. The first kappa shape index (κ1) is 15.9. The highest BCUT2D eigenvalue weighted by Crippen LogP contribution is 2.05. The van der Waals surface area contributed by atoms with Crippen LogP contribution in [0.5, 0.6) is 0 Å². The minimum absolute atomic E-state index is 0.401. The van der Waals surface area contributed by atoms with Gasteiger partial charge in [0.2, 0.25) is 0 Å². The van der Waals surface area contributed by atoms with E-state index in [4.69, 9.17) is 9.47 Å². The van der Waals surface area contributed by atoms with E-state index in [0.29, 0.717) is 19.2 Å². The largest absolute Gasteiger partial charge is 0.389 e. The van der Waals surface area contributed by atoms with Crippen LogP contribution in [0.3, 0.4) is 0 Å². The fraction of sp³-hybridized carbons (Fsp3) is 1.00. The summed E-state index contributed by atoms with van der Waals surface area (Å²) in [5.74, 6) is 0. The van der Waals surface area contributed by atoms with E-state index < -0.39 is 6.10 Å². The van der Waals surface area contributed by atoms with Gasteiger partial charge in [0.05, 0.1) is 19.3 Å². The van der Waals surface area contributed by atoms with Crippen LogP contribution >= 0.6 is 0 Å². The Balaban J connectivity index is 1.88. The van der Waals surface area contributed by atoms with Crippen LogP contribution in [0.25, 0.3) is 0 Å². The molecule has 18 heavy (non-hydrogen) atoms. The normalized spacial score (nSPS) is 22.0. The summed E-state index contributed by atoms with van der Waals surface area (Å²) in [5.41, 5.74) is 0. The molecule has 0 saturated carbocycles. The van der Waals surface area contributed by atoms with E-state index in [1.54, 1.807) is 0 Å². The minimum atomic E-state index is -0.405. The van der Waals surface area contributed by atoms with Crippen molar-refractivity contribution in [3.8, 4) is 0 Å². The summed E-state index contributed by atoms with van der Waals surface area (Å²) in [6.45, 7) is 5.65. The summed E-state index contributed by atoms with van der Waals surface area (Å²) in [6.07, 6.45) is 6.70. The predicted molar refractivity (Wildman–Crippen MR) is 72.8 cm³/mol. The molecule has 4 heteroatoms. The maximum atomic E-state index is 9.75. The molecule has 4 nitrogen and oxygen atoms in total. The first-order valence-corrected chi connectivity index (χ1v) is 7.40. The quantitative estimate of drug-likeness (QED) is 0.587. The lowest BCUT2D eigenvalue weighted by Crippen LogP contribution is -2.41. The first-order chi connectivity index (χ1) is 8.83. The summed E-state index contributed by atoms with van der Waals surface area (Å²) < 4.78 is 10.8. The van der Waals surface area contributed by atoms with Gasteiger partial charge < -0.3 is 19.9 Å². The van der Waals surface area contributed by atoms with Crippen molar-refractivity contribution in [2.24, 2.45) is 0 Å². The van der Waals surface area contributed by atoms with Crippen LogP contribution in [-0.2, 0) is 9.47 Å². The standard InChI is InChI=1S/C14H29NO3/c1-2-3-4-5-8-18-12-14(16)10-15-13-7-6-9-17-11-13/h13-16H,2-12H2,1H3. The van der Waals surface area contributed by atoms with Gasteiger partial charge in [0, 0.05) is 25.8 Å². The van der Waals surface area contributed by atoms with Gasteiger partial charge in [-0.25, -0.2) is 0 Å². The van der Waals surface area contributed by atoms with E-state index in [-0.39, 0.29) is 0 Å². The fourth-order valence-electron chi connectivity index (χ4n) is 2.11. The van der Waals surface area contributed by atoms with Crippen molar-refractivity contribution in [3.63, 3.8) is 0 Å². The van der Waals surface area contributed by atoms with Crippen molar-refractivity contribution in [2.75, 3.05) is 33.0 Å². The number of ether oxygens (including phenoxy) is 2. The van der Waals surface area contributed by atoms with Crippen molar-refractivity contribution in [2.45, 2.75) is 57.6 Å². The molecule has 2 unspecified atom stereocenters. The SMILES string of the molecule is CCCCCCOCC(O)CNC1CCCOC1. The monoisotopic (exact) mass is 259 g/mol. The Morgan fingerprint density at radius 2 is 2.28 bits per heavy atom. The third kappa shape index (κ3) is 8.03. The lowest BCUT2D eigenvalue weighted by Gasteiger charge is -2.24. The molecule has 2 N–H and O–H groups in total. The molecule has 0 radical (unpaired) electrons. The van der Waals surface area contributed by atoms with Crippen LogP contribution in [0.4, 0.5) is 0 Å².